The van der Waals surface area contributed by atoms with E-state index in [4.69, 9.17) is 12.2 Å². The molecule has 0 aromatic carbocycles. The normalized spacial score (nSPS) is 15.2. The number of nitrogens with one attached hydrogen (secondary N) is 2. The van der Waals surface area contributed by atoms with Gasteiger partial charge in [-0.3, -0.25) is 14.5 Å². The average molecular weight is 254 g/mol. The van der Waals surface area contributed by atoms with Gasteiger partial charge < -0.3 is 5.32 Å². The molecule has 0 atom stereocenters. The van der Waals surface area contributed by atoms with Gasteiger partial charge in [0, 0.05) is 12.5 Å². The summed E-state index contributed by atoms with van der Waals surface area (Å²) >= 11 is 5.14. The van der Waals surface area contributed by atoms with Gasteiger partial charge in [0.25, 0.3) is 0 Å². The molecule has 1 amide bonds. The Bertz CT molecular complexity index is 458. The molecule has 1 saturated carbocycles. The first-order chi connectivity index (χ1) is 8.08. The van der Waals surface area contributed by atoms with Gasteiger partial charge >= 0.3 is 0 Å². The van der Waals surface area contributed by atoms with Crippen LogP contribution in [0.5, 0.6) is 0 Å². The van der Waals surface area contributed by atoms with E-state index in [-0.39, 0.29) is 12.5 Å². The molecule has 1 aromatic heterocycles. The van der Waals surface area contributed by atoms with Crippen LogP contribution < -0.4 is 5.32 Å². The van der Waals surface area contributed by atoms with E-state index in [0.717, 1.165) is 18.7 Å². The summed E-state index contributed by atoms with van der Waals surface area (Å²) in [7, 11) is 0. The largest absolute Gasteiger partial charge is 0.354 e. The number of hydrogen-bond acceptors (Lipinski definition) is 3. The van der Waals surface area contributed by atoms with Crippen LogP contribution in [-0.4, -0.2) is 27.2 Å². The third-order valence-electron chi connectivity index (χ3n) is 2.74. The Morgan fingerprint density at radius 1 is 1.65 bits per heavy atom. The molecule has 0 aliphatic heterocycles. The molecule has 94 valence electrons. The lowest BCUT2D eigenvalue weighted by Crippen LogP contribution is -2.31. The van der Waals surface area contributed by atoms with Gasteiger partial charge in [0.2, 0.25) is 5.91 Å². The van der Waals surface area contributed by atoms with E-state index < -0.39 is 0 Å². The number of carbonyl (C=O) groups is 1. The first-order valence-corrected chi connectivity index (χ1v) is 6.40. The second-order valence-electron chi connectivity index (χ2n) is 4.95. The van der Waals surface area contributed by atoms with Gasteiger partial charge in [0.15, 0.2) is 4.77 Å². The van der Waals surface area contributed by atoms with Crippen molar-refractivity contribution < 1.29 is 4.79 Å². The SMILES string of the molecule is CC(C)CNC(=O)Cn1c(C2CC2)n[nH]c1=S. The van der Waals surface area contributed by atoms with Crippen molar-refractivity contribution in [3.63, 3.8) is 0 Å². The van der Waals surface area contributed by atoms with Crippen molar-refractivity contribution in [3.05, 3.63) is 10.6 Å². The molecule has 0 unspecified atom stereocenters. The first-order valence-electron chi connectivity index (χ1n) is 5.99. The summed E-state index contributed by atoms with van der Waals surface area (Å²) in [5, 5.41) is 9.84. The highest BCUT2D eigenvalue weighted by Gasteiger charge is 2.29. The van der Waals surface area contributed by atoms with Crippen LogP contribution in [0.15, 0.2) is 0 Å². The number of hydrogen-bond donors (Lipinski definition) is 2. The van der Waals surface area contributed by atoms with Crippen molar-refractivity contribution in [2.45, 2.75) is 39.2 Å². The average Bonchev–Trinajstić information content (AvgIpc) is 3.04. The van der Waals surface area contributed by atoms with Gasteiger partial charge in [-0.1, -0.05) is 13.8 Å². The lowest BCUT2D eigenvalue weighted by Gasteiger charge is -2.09. The fourth-order valence-corrected chi connectivity index (χ4v) is 1.86. The zero-order valence-corrected chi connectivity index (χ0v) is 11.0. The van der Waals surface area contributed by atoms with Gasteiger partial charge in [0.05, 0.1) is 0 Å². The number of H-pyrrole nitrogens is 1. The summed E-state index contributed by atoms with van der Waals surface area (Å²) in [5.41, 5.74) is 0. The minimum absolute atomic E-state index is 0.00176. The second-order valence-corrected chi connectivity index (χ2v) is 5.33. The quantitative estimate of drug-likeness (QED) is 0.784. The molecule has 2 N–H and O–H groups in total. The van der Waals surface area contributed by atoms with Crippen LogP contribution in [0, 0.1) is 10.7 Å². The van der Waals surface area contributed by atoms with E-state index in [9.17, 15) is 4.79 Å². The van der Waals surface area contributed by atoms with Gasteiger partial charge in [0.1, 0.15) is 12.4 Å². The van der Waals surface area contributed by atoms with Crippen LogP contribution in [0.2, 0.25) is 0 Å². The van der Waals surface area contributed by atoms with Crippen LogP contribution >= 0.6 is 12.2 Å². The Balaban J connectivity index is 2.00. The fourth-order valence-electron chi connectivity index (χ4n) is 1.65. The van der Waals surface area contributed by atoms with Crippen molar-refractivity contribution in [1.82, 2.24) is 20.1 Å². The molecule has 1 aliphatic rings. The molecule has 0 bridgehead atoms. The summed E-state index contributed by atoms with van der Waals surface area (Å²) in [6.07, 6.45) is 2.29. The lowest BCUT2D eigenvalue weighted by atomic mass is 10.2. The third-order valence-corrected chi connectivity index (χ3v) is 3.05. The Morgan fingerprint density at radius 3 is 2.94 bits per heavy atom. The van der Waals surface area contributed by atoms with Crippen molar-refractivity contribution in [1.29, 1.82) is 0 Å². The van der Waals surface area contributed by atoms with Crippen LogP contribution in [0.1, 0.15) is 38.4 Å². The van der Waals surface area contributed by atoms with E-state index in [1.165, 1.54) is 0 Å². The topological polar surface area (TPSA) is 62.7 Å². The van der Waals surface area contributed by atoms with E-state index >= 15 is 0 Å². The van der Waals surface area contributed by atoms with Gasteiger partial charge in [-0.15, -0.1) is 0 Å². The molecule has 5 nitrogen and oxygen atoms in total. The second kappa shape index (κ2) is 5.00. The van der Waals surface area contributed by atoms with Crippen molar-refractivity contribution in [2.75, 3.05) is 6.54 Å². The predicted octanol–water partition coefficient (Wildman–Crippen LogP) is 1.59. The zero-order chi connectivity index (χ0) is 12.4. The summed E-state index contributed by atoms with van der Waals surface area (Å²) in [6.45, 7) is 5.11. The Hall–Kier alpha value is -1.17. The standard InChI is InChI=1S/C11H18N4OS/c1-7(2)5-12-9(16)6-15-10(8-3-4-8)13-14-11(15)17/h7-8H,3-6H2,1-2H3,(H,12,16)(H,14,17). The fraction of sp³-hybridized carbons (Fsp3) is 0.727. The van der Waals surface area contributed by atoms with E-state index in [2.05, 4.69) is 29.4 Å². The highest BCUT2D eigenvalue weighted by Crippen LogP contribution is 2.38. The van der Waals surface area contributed by atoms with Gasteiger partial charge in [-0.2, -0.15) is 5.10 Å². The monoisotopic (exact) mass is 254 g/mol. The number of aromatic nitrogens is 3. The molecule has 0 saturated heterocycles. The smallest absolute Gasteiger partial charge is 0.240 e. The van der Waals surface area contributed by atoms with Gasteiger partial charge in [-0.05, 0) is 31.0 Å². The molecule has 1 fully saturated rings. The van der Waals surface area contributed by atoms with Crippen LogP contribution in [0.3, 0.4) is 0 Å². The van der Waals surface area contributed by atoms with Crippen LogP contribution in [0.25, 0.3) is 0 Å². The predicted molar refractivity (Wildman–Crippen MR) is 67.2 cm³/mol. The molecule has 1 aromatic rings. The van der Waals surface area contributed by atoms with Crippen LogP contribution in [0.4, 0.5) is 0 Å². The highest BCUT2D eigenvalue weighted by atomic mass is 32.1. The third kappa shape index (κ3) is 3.15. The summed E-state index contributed by atoms with van der Waals surface area (Å²) < 4.78 is 2.34. The molecular weight excluding hydrogens is 236 g/mol. The molecule has 1 aliphatic carbocycles. The maximum absolute atomic E-state index is 11.7. The maximum atomic E-state index is 11.7. The van der Waals surface area contributed by atoms with E-state index in [1.54, 1.807) is 0 Å². The number of carbonyl (C=O) groups excluding carboxylic acids is 1. The van der Waals surface area contributed by atoms with Gasteiger partial charge in [-0.25, -0.2) is 0 Å². The molecule has 0 radical (unpaired) electrons. The van der Waals surface area contributed by atoms with E-state index in [1.807, 2.05) is 4.57 Å². The Kier molecular flexibility index (Phi) is 3.61. The molecule has 1 heterocycles. The number of aromatic amines is 1. The number of rotatable bonds is 5. The summed E-state index contributed by atoms with van der Waals surface area (Å²) in [6, 6.07) is 0. The minimum atomic E-state index is -0.00176. The highest BCUT2D eigenvalue weighted by molar-refractivity contribution is 7.71. The molecule has 0 spiro atoms. The Labute approximate surface area is 106 Å². The van der Waals surface area contributed by atoms with Crippen molar-refractivity contribution in [2.24, 2.45) is 5.92 Å². The lowest BCUT2D eigenvalue weighted by molar-refractivity contribution is -0.121. The summed E-state index contributed by atoms with van der Waals surface area (Å²) in [4.78, 5) is 11.7. The Morgan fingerprint density at radius 2 is 2.35 bits per heavy atom. The molecule has 17 heavy (non-hydrogen) atoms. The minimum Gasteiger partial charge on any atom is -0.354 e. The summed E-state index contributed by atoms with van der Waals surface area (Å²) in [5.74, 6) is 1.87. The molecule has 6 heteroatoms. The van der Waals surface area contributed by atoms with Crippen molar-refractivity contribution >= 4 is 18.1 Å². The molecular formula is C11H18N4OS. The van der Waals surface area contributed by atoms with Crippen molar-refractivity contribution in [3.8, 4) is 0 Å². The van der Waals surface area contributed by atoms with Crippen LogP contribution in [-0.2, 0) is 11.3 Å². The number of nitrogens with zero attached hydrogens (tertiary/aromatic N) is 2. The molecule has 2 rings (SSSR count). The first kappa shape index (κ1) is 12.3. The van der Waals surface area contributed by atoms with E-state index in [0.29, 0.717) is 23.2 Å². The maximum Gasteiger partial charge on any atom is 0.240 e. The number of amides is 1. The zero-order valence-electron chi connectivity index (χ0n) is 10.2.